The number of hydrogen-bond acceptors (Lipinski definition) is 6. The highest BCUT2D eigenvalue weighted by Crippen LogP contribution is 2.38. The summed E-state index contributed by atoms with van der Waals surface area (Å²) in [5, 5.41) is 7.78. The molecule has 1 heterocycles. The molecule has 0 fully saturated rings. The first kappa shape index (κ1) is 25.3. The largest absolute Gasteiger partial charge is 0.493 e. The lowest BCUT2D eigenvalue weighted by atomic mass is 10.2. The van der Waals surface area contributed by atoms with Crippen LogP contribution in [0.25, 0.3) is 0 Å². The summed E-state index contributed by atoms with van der Waals surface area (Å²) in [6, 6.07) is 3.82. The summed E-state index contributed by atoms with van der Waals surface area (Å²) in [4.78, 5) is 10.5. The van der Waals surface area contributed by atoms with E-state index in [9.17, 15) is 0 Å². The van der Waals surface area contributed by atoms with Gasteiger partial charge >= 0.3 is 0 Å². The number of benzene rings is 1. The van der Waals surface area contributed by atoms with Crippen molar-refractivity contribution in [3.8, 4) is 17.2 Å². The van der Waals surface area contributed by atoms with Crippen molar-refractivity contribution < 1.29 is 14.2 Å². The van der Waals surface area contributed by atoms with Crippen molar-refractivity contribution in [2.24, 2.45) is 4.99 Å². The van der Waals surface area contributed by atoms with Crippen molar-refractivity contribution in [3.05, 3.63) is 33.3 Å². The van der Waals surface area contributed by atoms with Gasteiger partial charge in [-0.2, -0.15) is 0 Å². The van der Waals surface area contributed by atoms with Gasteiger partial charge in [-0.1, -0.05) is 0 Å². The Balaban J connectivity index is 0.00000420. The molecule has 0 aliphatic rings. The average molecular weight is 534 g/mol. The first-order valence-electron chi connectivity index (χ1n) is 9.26. The molecular weight excluding hydrogens is 503 g/mol. The molecule has 0 unspecified atom stereocenters. The van der Waals surface area contributed by atoms with Crippen LogP contribution in [0.3, 0.4) is 0 Å². The second kappa shape index (κ2) is 12.7. The zero-order chi connectivity index (χ0) is 20.5. The lowest BCUT2D eigenvalue weighted by Gasteiger charge is -2.14. The third-order valence-electron chi connectivity index (χ3n) is 4.19. The Morgan fingerprint density at radius 2 is 1.72 bits per heavy atom. The second-order valence-corrected chi connectivity index (χ2v) is 7.44. The lowest BCUT2D eigenvalue weighted by Crippen LogP contribution is -2.38. The van der Waals surface area contributed by atoms with E-state index in [4.69, 9.17) is 14.2 Å². The SMILES string of the molecule is CCNC(=NCc1cc(OC)c(OC)c(OC)c1)NCCc1nc(C)c(C)s1.I. The number of aliphatic imine (C=N–C) groups is 1. The second-order valence-electron chi connectivity index (χ2n) is 6.15. The van der Waals surface area contributed by atoms with E-state index >= 15 is 0 Å². The number of guanidine groups is 1. The quantitative estimate of drug-likeness (QED) is 0.290. The summed E-state index contributed by atoms with van der Waals surface area (Å²) in [5.74, 6) is 2.59. The van der Waals surface area contributed by atoms with Gasteiger partial charge in [0.25, 0.3) is 0 Å². The molecule has 0 saturated carbocycles. The molecule has 0 aliphatic heterocycles. The van der Waals surface area contributed by atoms with E-state index in [1.807, 2.05) is 26.0 Å². The summed E-state index contributed by atoms with van der Waals surface area (Å²) in [6.45, 7) is 8.24. The maximum Gasteiger partial charge on any atom is 0.203 e. The van der Waals surface area contributed by atoms with E-state index in [-0.39, 0.29) is 24.0 Å². The topological polar surface area (TPSA) is 77.0 Å². The molecular formula is C20H31IN4O3S. The van der Waals surface area contributed by atoms with Gasteiger partial charge < -0.3 is 24.8 Å². The highest BCUT2D eigenvalue weighted by molar-refractivity contribution is 14.0. The fourth-order valence-corrected chi connectivity index (χ4v) is 3.61. The molecule has 0 spiro atoms. The van der Waals surface area contributed by atoms with E-state index in [0.29, 0.717) is 23.8 Å². The summed E-state index contributed by atoms with van der Waals surface area (Å²) in [5.41, 5.74) is 2.08. The Hall–Kier alpha value is -1.75. The van der Waals surface area contributed by atoms with Crippen molar-refractivity contribution in [3.63, 3.8) is 0 Å². The molecule has 0 atom stereocenters. The average Bonchev–Trinajstić information content (AvgIpc) is 3.02. The first-order chi connectivity index (χ1) is 13.5. The number of aromatic nitrogens is 1. The van der Waals surface area contributed by atoms with Gasteiger partial charge in [0.1, 0.15) is 0 Å². The minimum Gasteiger partial charge on any atom is -0.493 e. The van der Waals surface area contributed by atoms with E-state index in [1.54, 1.807) is 32.7 Å². The van der Waals surface area contributed by atoms with Crippen LogP contribution in [0.1, 0.15) is 28.1 Å². The Kier molecular flexibility index (Phi) is 11.1. The maximum atomic E-state index is 5.41. The normalized spacial score (nSPS) is 10.9. The van der Waals surface area contributed by atoms with Crippen LogP contribution in [0.5, 0.6) is 17.2 Å². The molecule has 7 nitrogen and oxygen atoms in total. The number of nitrogens with zero attached hydrogens (tertiary/aromatic N) is 2. The molecule has 162 valence electrons. The Morgan fingerprint density at radius 1 is 1.07 bits per heavy atom. The molecule has 0 saturated heterocycles. The smallest absolute Gasteiger partial charge is 0.203 e. The Bertz CT molecular complexity index is 767. The maximum absolute atomic E-state index is 5.41. The van der Waals surface area contributed by atoms with Gasteiger partial charge in [-0.3, -0.25) is 0 Å². The molecule has 29 heavy (non-hydrogen) atoms. The number of halogens is 1. The van der Waals surface area contributed by atoms with Crippen molar-refractivity contribution in [2.45, 2.75) is 33.7 Å². The molecule has 2 N–H and O–H groups in total. The number of hydrogen-bond donors (Lipinski definition) is 2. The first-order valence-corrected chi connectivity index (χ1v) is 10.1. The van der Waals surface area contributed by atoms with E-state index in [1.165, 1.54) is 4.88 Å². The van der Waals surface area contributed by atoms with Crippen LogP contribution in [0, 0.1) is 13.8 Å². The van der Waals surface area contributed by atoms with Gasteiger partial charge in [0.2, 0.25) is 5.75 Å². The summed E-state index contributed by atoms with van der Waals surface area (Å²) in [6.07, 6.45) is 0.869. The van der Waals surface area contributed by atoms with Crippen molar-refractivity contribution in [2.75, 3.05) is 34.4 Å². The zero-order valence-corrected chi connectivity index (χ0v) is 21.1. The van der Waals surface area contributed by atoms with Crippen molar-refractivity contribution in [1.29, 1.82) is 0 Å². The fraction of sp³-hybridized carbons (Fsp3) is 0.500. The molecule has 0 radical (unpaired) electrons. The zero-order valence-electron chi connectivity index (χ0n) is 17.9. The summed E-state index contributed by atoms with van der Waals surface area (Å²) in [7, 11) is 4.81. The van der Waals surface area contributed by atoms with Gasteiger partial charge in [0.05, 0.1) is 38.6 Å². The number of methoxy groups -OCH3 is 3. The van der Waals surface area contributed by atoms with E-state index < -0.39 is 0 Å². The third-order valence-corrected chi connectivity index (χ3v) is 5.33. The molecule has 9 heteroatoms. The standard InChI is InChI=1S/C20H30N4O3S.HI/c1-7-21-20(22-9-8-18-24-13(2)14(3)28-18)23-12-15-10-16(25-4)19(27-6)17(11-15)26-5;/h10-11H,7-9,12H2,1-6H3,(H2,21,22,23);1H. The molecule has 0 aliphatic carbocycles. The third kappa shape index (κ3) is 7.22. The van der Waals surface area contributed by atoms with Crippen LogP contribution in [0.4, 0.5) is 0 Å². The number of rotatable bonds is 9. The highest BCUT2D eigenvalue weighted by Gasteiger charge is 2.13. The predicted octanol–water partition coefficient (Wildman–Crippen LogP) is 3.70. The predicted molar refractivity (Wildman–Crippen MR) is 130 cm³/mol. The number of thiazole rings is 1. The van der Waals surface area contributed by atoms with Crippen molar-refractivity contribution >= 4 is 41.3 Å². The minimum atomic E-state index is 0. The Morgan fingerprint density at radius 3 is 2.21 bits per heavy atom. The minimum absolute atomic E-state index is 0. The van der Waals surface area contributed by atoms with Crippen LogP contribution in [-0.2, 0) is 13.0 Å². The number of aryl methyl sites for hydroxylation is 2. The fourth-order valence-electron chi connectivity index (χ4n) is 2.67. The highest BCUT2D eigenvalue weighted by atomic mass is 127. The molecule has 1 aromatic carbocycles. The molecule has 2 aromatic rings. The molecule has 0 bridgehead atoms. The van der Waals surface area contributed by atoms with Crippen LogP contribution >= 0.6 is 35.3 Å². The van der Waals surface area contributed by atoms with Crippen LogP contribution in [-0.4, -0.2) is 45.4 Å². The lowest BCUT2D eigenvalue weighted by molar-refractivity contribution is 0.324. The monoisotopic (exact) mass is 534 g/mol. The van der Waals surface area contributed by atoms with Crippen LogP contribution in [0.15, 0.2) is 17.1 Å². The van der Waals surface area contributed by atoms with Crippen LogP contribution < -0.4 is 24.8 Å². The number of nitrogens with one attached hydrogen (secondary N) is 2. The van der Waals surface area contributed by atoms with Gasteiger partial charge in [-0.15, -0.1) is 35.3 Å². The molecule has 0 amide bonds. The van der Waals surface area contributed by atoms with Gasteiger partial charge in [0.15, 0.2) is 17.5 Å². The molecule has 2 rings (SSSR count). The van der Waals surface area contributed by atoms with Gasteiger partial charge in [-0.25, -0.2) is 9.98 Å². The molecule has 1 aromatic heterocycles. The number of ether oxygens (including phenoxy) is 3. The summed E-state index contributed by atoms with van der Waals surface area (Å²) >= 11 is 1.75. The Labute approximate surface area is 194 Å². The van der Waals surface area contributed by atoms with Crippen molar-refractivity contribution in [1.82, 2.24) is 15.6 Å². The van der Waals surface area contributed by atoms with Gasteiger partial charge in [0, 0.05) is 24.4 Å². The van der Waals surface area contributed by atoms with E-state index in [2.05, 4.69) is 27.5 Å². The van der Waals surface area contributed by atoms with Gasteiger partial charge in [-0.05, 0) is 38.5 Å². The summed E-state index contributed by atoms with van der Waals surface area (Å²) < 4.78 is 16.2. The van der Waals surface area contributed by atoms with Crippen LogP contribution in [0.2, 0.25) is 0 Å². The van der Waals surface area contributed by atoms with E-state index in [0.717, 1.165) is 41.7 Å².